The first-order valence-electron chi connectivity index (χ1n) is 4.68. The first-order valence-corrected chi connectivity index (χ1v) is 4.68. The van der Waals surface area contributed by atoms with Gasteiger partial charge in [-0.3, -0.25) is 0 Å². The Morgan fingerprint density at radius 1 is 1.07 bits per heavy atom. The van der Waals surface area contributed by atoms with Crippen LogP contribution in [-0.4, -0.2) is 7.11 Å². The second-order valence-corrected chi connectivity index (χ2v) is 3.64. The monoisotopic (exact) mass is 190 g/mol. The second-order valence-electron chi connectivity index (χ2n) is 3.64. The quantitative estimate of drug-likeness (QED) is 0.688. The number of hydrogen-bond acceptors (Lipinski definition) is 2. The zero-order chi connectivity index (χ0) is 10.3. The van der Waals surface area contributed by atoms with Crippen LogP contribution in [0, 0.1) is 20.8 Å². The van der Waals surface area contributed by atoms with Crippen LogP contribution in [-0.2, 0) is 0 Å². The van der Waals surface area contributed by atoms with Crippen LogP contribution in [0.15, 0.2) is 16.5 Å². The molecule has 0 spiro atoms. The third-order valence-corrected chi connectivity index (χ3v) is 2.45. The van der Waals surface area contributed by atoms with Crippen molar-refractivity contribution in [2.45, 2.75) is 20.8 Å². The molecule has 0 saturated carbocycles. The molecule has 0 aliphatic carbocycles. The van der Waals surface area contributed by atoms with Gasteiger partial charge in [-0.15, -0.1) is 0 Å². The van der Waals surface area contributed by atoms with Crippen molar-refractivity contribution in [1.29, 1.82) is 0 Å². The van der Waals surface area contributed by atoms with Gasteiger partial charge in [0.2, 0.25) is 0 Å². The van der Waals surface area contributed by atoms with Gasteiger partial charge in [0, 0.05) is 0 Å². The van der Waals surface area contributed by atoms with Crippen LogP contribution in [0.4, 0.5) is 0 Å². The highest BCUT2D eigenvalue weighted by Crippen LogP contribution is 2.33. The summed E-state index contributed by atoms with van der Waals surface area (Å²) in [5, 5.41) is 1.07. The van der Waals surface area contributed by atoms with E-state index in [1.54, 1.807) is 7.11 Å². The predicted molar refractivity (Wildman–Crippen MR) is 57.0 cm³/mol. The first kappa shape index (κ1) is 9.13. The molecular weight excluding hydrogens is 176 g/mol. The van der Waals surface area contributed by atoms with E-state index in [9.17, 15) is 0 Å². The van der Waals surface area contributed by atoms with Crippen molar-refractivity contribution in [3.05, 3.63) is 29.0 Å². The van der Waals surface area contributed by atoms with Gasteiger partial charge < -0.3 is 9.15 Å². The zero-order valence-electron chi connectivity index (χ0n) is 8.97. The van der Waals surface area contributed by atoms with E-state index >= 15 is 0 Å². The van der Waals surface area contributed by atoms with E-state index in [0.717, 1.165) is 33.6 Å². The van der Waals surface area contributed by atoms with E-state index < -0.39 is 0 Å². The molecule has 1 aromatic heterocycles. The van der Waals surface area contributed by atoms with E-state index in [2.05, 4.69) is 13.0 Å². The number of furan rings is 1. The van der Waals surface area contributed by atoms with Crippen molar-refractivity contribution in [1.82, 2.24) is 0 Å². The Bertz CT molecular complexity index is 481. The molecule has 0 atom stereocenters. The molecule has 0 fully saturated rings. The van der Waals surface area contributed by atoms with Crippen LogP contribution in [0.2, 0.25) is 0 Å². The summed E-state index contributed by atoms with van der Waals surface area (Å²) in [7, 11) is 1.69. The SMILES string of the molecule is COc1c(C)cc(C)c2oc(C)cc12. The average Bonchev–Trinajstić information content (AvgIpc) is 2.48. The van der Waals surface area contributed by atoms with Crippen molar-refractivity contribution >= 4 is 11.0 Å². The van der Waals surface area contributed by atoms with E-state index in [4.69, 9.17) is 9.15 Å². The normalized spacial score (nSPS) is 10.9. The molecule has 0 unspecified atom stereocenters. The summed E-state index contributed by atoms with van der Waals surface area (Å²) in [5.74, 6) is 1.84. The summed E-state index contributed by atoms with van der Waals surface area (Å²) >= 11 is 0. The molecule has 0 bridgehead atoms. The third-order valence-electron chi connectivity index (χ3n) is 2.45. The van der Waals surface area contributed by atoms with Crippen molar-refractivity contribution in [2.75, 3.05) is 7.11 Å². The van der Waals surface area contributed by atoms with Crippen molar-refractivity contribution in [3.63, 3.8) is 0 Å². The fourth-order valence-electron chi connectivity index (χ4n) is 1.92. The number of benzene rings is 1. The lowest BCUT2D eigenvalue weighted by molar-refractivity contribution is 0.416. The van der Waals surface area contributed by atoms with Gasteiger partial charge in [-0.25, -0.2) is 0 Å². The van der Waals surface area contributed by atoms with Gasteiger partial charge in [-0.1, -0.05) is 0 Å². The standard InChI is InChI=1S/C12H14O2/c1-7-5-8(2)12-10(11(7)13-4)6-9(3)14-12/h5-6H,1-4H3. The lowest BCUT2D eigenvalue weighted by atomic mass is 10.1. The number of aryl methyl sites for hydroxylation is 3. The lowest BCUT2D eigenvalue weighted by Gasteiger charge is -2.06. The molecule has 0 N–H and O–H groups in total. The van der Waals surface area contributed by atoms with Gasteiger partial charge in [0.15, 0.2) is 0 Å². The van der Waals surface area contributed by atoms with Gasteiger partial charge in [-0.05, 0) is 44.0 Å². The highest BCUT2D eigenvalue weighted by Gasteiger charge is 2.11. The number of methoxy groups -OCH3 is 1. The maximum atomic E-state index is 5.62. The highest BCUT2D eigenvalue weighted by molar-refractivity contribution is 5.88. The molecule has 14 heavy (non-hydrogen) atoms. The van der Waals surface area contributed by atoms with Crippen LogP contribution >= 0.6 is 0 Å². The number of fused-ring (bicyclic) bond motifs is 1. The van der Waals surface area contributed by atoms with E-state index in [1.165, 1.54) is 0 Å². The summed E-state index contributed by atoms with van der Waals surface area (Å²) in [4.78, 5) is 0. The highest BCUT2D eigenvalue weighted by atomic mass is 16.5. The van der Waals surface area contributed by atoms with Crippen LogP contribution in [0.3, 0.4) is 0 Å². The minimum atomic E-state index is 0.919. The maximum Gasteiger partial charge on any atom is 0.140 e. The smallest absolute Gasteiger partial charge is 0.140 e. The predicted octanol–water partition coefficient (Wildman–Crippen LogP) is 3.37. The molecule has 2 heteroatoms. The number of ether oxygens (including phenoxy) is 1. The van der Waals surface area contributed by atoms with Crippen molar-refractivity contribution in [2.24, 2.45) is 0 Å². The van der Waals surface area contributed by atoms with Crippen LogP contribution in [0.1, 0.15) is 16.9 Å². The molecule has 2 nitrogen and oxygen atoms in total. The summed E-state index contributed by atoms with van der Waals surface area (Å²) in [5.41, 5.74) is 3.25. The molecule has 0 amide bonds. The Balaban J connectivity index is 2.89. The molecule has 1 heterocycles. The molecule has 0 aliphatic heterocycles. The van der Waals surface area contributed by atoms with E-state index in [0.29, 0.717) is 0 Å². The summed E-state index contributed by atoms with van der Waals surface area (Å²) in [6.07, 6.45) is 0. The molecule has 2 aromatic rings. The minimum Gasteiger partial charge on any atom is -0.496 e. The molecule has 0 aliphatic rings. The Morgan fingerprint density at radius 2 is 1.79 bits per heavy atom. The minimum absolute atomic E-state index is 0.919. The second kappa shape index (κ2) is 3.05. The van der Waals surface area contributed by atoms with Gasteiger partial charge in [0.25, 0.3) is 0 Å². The first-order chi connectivity index (χ1) is 6.63. The number of rotatable bonds is 1. The van der Waals surface area contributed by atoms with Crippen LogP contribution in [0.5, 0.6) is 5.75 Å². The van der Waals surface area contributed by atoms with Crippen molar-refractivity contribution < 1.29 is 9.15 Å². The largest absolute Gasteiger partial charge is 0.496 e. The van der Waals surface area contributed by atoms with Gasteiger partial charge in [0.05, 0.1) is 12.5 Å². The van der Waals surface area contributed by atoms with Gasteiger partial charge in [0.1, 0.15) is 17.1 Å². The molecule has 0 saturated heterocycles. The molecule has 0 radical (unpaired) electrons. The number of hydrogen-bond donors (Lipinski definition) is 0. The topological polar surface area (TPSA) is 22.4 Å². The average molecular weight is 190 g/mol. The Labute approximate surface area is 83.5 Å². The third kappa shape index (κ3) is 1.18. The Kier molecular flexibility index (Phi) is 1.99. The van der Waals surface area contributed by atoms with Crippen LogP contribution in [0.25, 0.3) is 11.0 Å². The molecule has 74 valence electrons. The zero-order valence-corrected chi connectivity index (χ0v) is 8.97. The van der Waals surface area contributed by atoms with Crippen molar-refractivity contribution in [3.8, 4) is 5.75 Å². The van der Waals surface area contributed by atoms with Crippen LogP contribution < -0.4 is 4.74 Å². The Morgan fingerprint density at radius 3 is 2.43 bits per heavy atom. The molecular formula is C12H14O2. The maximum absolute atomic E-state index is 5.62. The van der Waals surface area contributed by atoms with E-state index in [1.807, 2.05) is 19.9 Å². The summed E-state index contributed by atoms with van der Waals surface area (Å²) in [6, 6.07) is 4.11. The fraction of sp³-hybridized carbons (Fsp3) is 0.333. The summed E-state index contributed by atoms with van der Waals surface area (Å²) < 4.78 is 11.0. The molecule has 2 rings (SSSR count). The van der Waals surface area contributed by atoms with Gasteiger partial charge in [-0.2, -0.15) is 0 Å². The molecule has 1 aromatic carbocycles. The lowest BCUT2D eigenvalue weighted by Crippen LogP contribution is -1.88. The van der Waals surface area contributed by atoms with Gasteiger partial charge >= 0.3 is 0 Å². The summed E-state index contributed by atoms with van der Waals surface area (Å²) in [6.45, 7) is 6.06. The van der Waals surface area contributed by atoms with E-state index in [-0.39, 0.29) is 0 Å². The fourth-order valence-corrected chi connectivity index (χ4v) is 1.92. The Hall–Kier alpha value is -1.44.